The van der Waals surface area contributed by atoms with Gasteiger partial charge in [-0.2, -0.15) is 0 Å². The normalized spacial score (nSPS) is 31.9. The Morgan fingerprint density at radius 2 is 1.25 bits per heavy atom. The third kappa shape index (κ3) is 5.59. The second kappa shape index (κ2) is 10.2. The number of Topliss-reactive ketones (excluding diaryl/α,β-unsaturated/α-hetero) is 1. The lowest BCUT2D eigenvalue weighted by molar-refractivity contribution is -0.119. The first-order valence-electron chi connectivity index (χ1n) is 9.20. The van der Waals surface area contributed by atoms with Crippen LogP contribution in [0, 0.1) is 11.8 Å². The monoisotopic (exact) mass is 518 g/mol. The number of methoxy groups -OCH3 is 4. The van der Waals surface area contributed by atoms with Crippen LogP contribution in [-0.2, 0) is 23.7 Å². The molecule has 2 aliphatic rings. The fraction of sp³-hybridized carbons (Fsp3) is 0.571. The molecule has 0 aromatic heterocycles. The Bertz CT molecular complexity index is 628. The Labute approximate surface area is 184 Å². The Kier molecular flexibility index (Phi) is 8.55. The molecule has 0 spiro atoms. The molecule has 28 heavy (non-hydrogen) atoms. The van der Waals surface area contributed by atoms with Crippen molar-refractivity contribution in [3.63, 3.8) is 0 Å². The van der Waals surface area contributed by atoms with E-state index in [1.54, 1.807) is 28.4 Å². The number of ketones is 1. The van der Waals surface area contributed by atoms with E-state index < -0.39 is 9.02 Å². The maximum atomic E-state index is 12.6. The number of carbonyl (C=O) groups excluding carboxylic acids is 1. The number of allylic oxidation sites excluding steroid dienone is 2. The summed E-state index contributed by atoms with van der Waals surface area (Å²) in [6, 6.07) is 0. The van der Waals surface area contributed by atoms with Crippen LogP contribution in [0.2, 0.25) is 0 Å². The average molecular weight is 520 g/mol. The van der Waals surface area contributed by atoms with E-state index in [1.807, 2.05) is 36.5 Å². The summed E-state index contributed by atoms with van der Waals surface area (Å²) in [4.78, 5) is 12.6. The molecule has 0 aliphatic heterocycles. The molecule has 0 N–H and O–H groups in total. The molecule has 5 nitrogen and oxygen atoms in total. The molecule has 0 aromatic carbocycles. The summed E-state index contributed by atoms with van der Waals surface area (Å²) in [7, 11) is 6.57. The molecule has 0 bridgehead atoms. The molecule has 0 amide bonds. The van der Waals surface area contributed by atoms with Gasteiger partial charge in [-0.05, 0) is 81.2 Å². The number of ether oxygens (including phenoxy) is 4. The summed E-state index contributed by atoms with van der Waals surface area (Å²) in [5, 5.41) is 0. The van der Waals surface area contributed by atoms with E-state index in [2.05, 4.69) is 31.9 Å². The lowest BCUT2D eigenvalue weighted by Gasteiger charge is -2.33. The molecule has 0 saturated heterocycles. The number of halogens is 2. The molecule has 0 saturated carbocycles. The Morgan fingerprint density at radius 1 is 0.857 bits per heavy atom. The summed E-state index contributed by atoms with van der Waals surface area (Å²) in [5.74, 6) is 1.78. The minimum atomic E-state index is -0.610. The minimum Gasteiger partial charge on any atom is -0.497 e. The van der Waals surface area contributed by atoms with Crippen molar-refractivity contribution in [3.8, 4) is 0 Å². The zero-order valence-electron chi connectivity index (χ0n) is 16.7. The van der Waals surface area contributed by atoms with Crippen LogP contribution in [0.5, 0.6) is 0 Å². The third-order valence-electron chi connectivity index (χ3n) is 5.26. The molecule has 0 aromatic rings. The predicted octanol–water partition coefficient (Wildman–Crippen LogP) is 5.02. The molecule has 0 fully saturated rings. The minimum absolute atomic E-state index is 0.00763. The molecule has 0 radical (unpaired) electrons. The van der Waals surface area contributed by atoms with Gasteiger partial charge in [0.1, 0.15) is 26.3 Å². The maximum absolute atomic E-state index is 12.6. The van der Waals surface area contributed by atoms with Crippen LogP contribution in [0.3, 0.4) is 0 Å². The maximum Gasteiger partial charge on any atom is 0.147 e. The van der Waals surface area contributed by atoms with E-state index in [-0.39, 0.29) is 17.6 Å². The second-order valence-electron chi connectivity index (χ2n) is 6.85. The highest BCUT2D eigenvalue weighted by Gasteiger charge is 2.37. The fourth-order valence-electron chi connectivity index (χ4n) is 3.40. The highest BCUT2D eigenvalue weighted by atomic mass is 79.9. The Morgan fingerprint density at radius 3 is 1.57 bits per heavy atom. The van der Waals surface area contributed by atoms with Crippen LogP contribution in [0.1, 0.15) is 25.7 Å². The first kappa shape index (κ1) is 23.4. The molecular weight excluding hydrogens is 492 g/mol. The number of hydrogen-bond donors (Lipinski definition) is 0. The van der Waals surface area contributed by atoms with Crippen molar-refractivity contribution in [1.29, 1.82) is 0 Å². The molecule has 4 atom stereocenters. The molecule has 2 rings (SSSR count). The van der Waals surface area contributed by atoms with E-state index in [4.69, 9.17) is 18.9 Å². The largest absolute Gasteiger partial charge is 0.497 e. The molecule has 2 aliphatic carbocycles. The van der Waals surface area contributed by atoms with E-state index in [0.29, 0.717) is 25.7 Å². The first-order chi connectivity index (χ1) is 13.3. The Balaban J connectivity index is 1.93. The third-order valence-corrected chi connectivity index (χ3v) is 7.61. The van der Waals surface area contributed by atoms with Crippen molar-refractivity contribution < 1.29 is 23.7 Å². The van der Waals surface area contributed by atoms with Crippen molar-refractivity contribution in [3.05, 3.63) is 48.0 Å². The SMILES string of the molecule is COC1=CC(CCC(=O)CCC2C=C(OC)C=CC2(Br)OC)C(Br)(OC)C=C1. The average Bonchev–Trinajstić information content (AvgIpc) is 2.72. The van der Waals surface area contributed by atoms with Gasteiger partial charge in [0, 0.05) is 38.9 Å². The van der Waals surface area contributed by atoms with Crippen molar-refractivity contribution in [1.82, 2.24) is 0 Å². The predicted molar refractivity (Wildman–Crippen MR) is 116 cm³/mol. The smallest absolute Gasteiger partial charge is 0.147 e. The zero-order valence-corrected chi connectivity index (χ0v) is 19.9. The molecule has 4 unspecified atom stereocenters. The van der Waals surface area contributed by atoms with Crippen molar-refractivity contribution in [2.45, 2.75) is 34.7 Å². The van der Waals surface area contributed by atoms with Crippen LogP contribution in [0.25, 0.3) is 0 Å². The van der Waals surface area contributed by atoms with Gasteiger partial charge in [0.2, 0.25) is 0 Å². The lowest BCUT2D eigenvalue weighted by atomic mass is 9.88. The number of hydrogen-bond acceptors (Lipinski definition) is 5. The van der Waals surface area contributed by atoms with Crippen LogP contribution in [0.4, 0.5) is 0 Å². The van der Waals surface area contributed by atoms with Gasteiger partial charge < -0.3 is 18.9 Å². The first-order valence-corrected chi connectivity index (χ1v) is 10.8. The summed E-state index contributed by atoms with van der Waals surface area (Å²) < 4.78 is 20.6. The lowest BCUT2D eigenvalue weighted by Crippen LogP contribution is -2.33. The van der Waals surface area contributed by atoms with E-state index >= 15 is 0 Å². The number of rotatable bonds is 10. The van der Waals surface area contributed by atoms with Gasteiger partial charge in [-0.15, -0.1) is 0 Å². The highest BCUT2D eigenvalue weighted by molar-refractivity contribution is 9.10. The van der Waals surface area contributed by atoms with Crippen LogP contribution >= 0.6 is 31.9 Å². The standard InChI is InChI=1S/C21H28Br2O5/c1-25-18-9-11-20(22,27-3)15(13-18)5-7-17(24)8-6-16-14-19(26-2)10-12-21(16,23)28-4/h9-16H,5-8H2,1-4H3. The fourth-order valence-corrected chi connectivity index (χ4v) is 4.39. The van der Waals surface area contributed by atoms with Crippen LogP contribution < -0.4 is 0 Å². The van der Waals surface area contributed by atoms with Gasteiger partial charge in [0.15, 0.2) is 0 Å². The van der Waals surface area contributed by atoms with Crippen molar-refractivity contribution >= 4 is 37.6 Å². The molecule has 7 heteroatoms. The van der Waals surface area contributed by atoms with Crippen molar-refractivity contribution in [2.24, 2.45) is 11.8 Å². The van der Waals surface area contributed by atoms with E-state index in [9.17, 15) is 4.79 Å². The van der Waals surface area contributed by atoms with Gasteiger partial charge in [-0.3, -0.25) is 4.79 Å². The van der Waals surface area contributed by atoms with Crippen LogP contribution in [0.15, 0.2) is 48.0 Å². The van der Waals surface area contributed by atoms with Gasteiger partial charge in [0.05, 0.1) is 14.2 Å². The van der Waals surface area contributed by atoms with Crippen molar-refractivity contribution in [2.75, 3.05) is 28.4 Å². The second-order valence-corrected chi connectivity index (χ2v) is 9.32. The van der Waals surface area contributed by atoms with E-state index in [0.717, 1.165) is 11.5 Å². The topological polar surface area (TPSA) is 54.0 Å². The molecule has 156 valence electrons. The van der Waals surface area contributed by atoms with Gasteiger partial charge in [-0.25, -0.2) is 0 Å². The zero-order chi connectivity index (χ0) is 20.8. The summed E-state index contributed by atoms with van der Waals surface area (Å²) in [6.45, 7) is 0. The summed E-state index contributed by atoms with van der Waals surface area (Å²) in [5.41, 5.74) is 0. The summed E-state index contributed by atoms with van der Waals surface area (Å²) >= 11 is 7.27. The van der Waals surface area contributed by atoms with Gasteiger partial charge >= 0.3 is 0 Å². The molecular formula is C21H28Br2O5. The summed E-state index contributed by atoms with van der Waals surface area (Å²) in [6.07, 6.45) is 13.8. The highest BCUT2D eigenvalue weighted by Crippen LogP contribution is 2.40. The van der Waals surface area contributed by atoms with Crippen LogP contribution in [-0.4, -0.2) is 43.2 Å². The van der Waals surface area contributed by atoms with Gasteiger partial charge in [-0.1, -0.05) is 0 Å². The Hall–Kier alpha value is -0.890. The quantitative estimate of drug-likeness (QED) is 0.379. The number of alkyl halides is 2. The van der Waals surface area contributed by atoms with Gasteiger partial charge in [0.25, 0.3) is 0 Å². The van der Waals surface area contributed by atoms with E-state index in [1.165, 1.54) is 0 Å². The molecule has 0 heterocycles. The number of carbonyl (C=O) groups is 1.